The highest BCUT2D eigenvalue weighted by Crippen LogP contribution is 2.37. The minimum absolute atomic E-state index is 0.120. The van der Waals surface area contributed by atoms with Crippen molar-refractivity contribution in [2.45, 2.75) is 51.9 Å². The number of hydrogen-bond donors (Lipinski definition) is 0. The fraction of sp³-hybridized carbons (Fsp3) is 0.900. The highest BCUT2D eigenvalue weighted by molar-refractivity contribution is 9.09. The molecular formula is C10H21BrO2Si. The van der Waals surface area contributed by atoms with Gasteiger partial charge in [-0.3, -0.25) is 4.79 Å². The van der Waals surface area contributed by atoms with Crippen LogP contribution in [-0.2, 0) is 9.22 Å². The maximum absolute atomic E-state index is 11.4. The Hall–Kier alpha value is 0.327. The molecule has 2 nitrogen and oxygen atoms in total. The number of ketones is 1. The quantitative estimate of drug-likeness (QED) is 0.583. The lowest BCUT2D eigenvalue weighted by atomic mass is 10.2. The number of carbonyl (C=O) groups excluding carboxylic acids is 1. The predicted octanol–water partition coefficient (Wildman–Crippen LogP) is 3.36. The summed E-state index contributed by atoms with van der Waals surface area (Å²) in [7, 11) is -1.79. The van der Waals surface area contributed by atoms with Crippen LogP contribution in [0.2, 0.25) is 18.1 Å². The van der Waals surface area contributed by atoms with Gasteiger partial charge in [-0.25, -0.2) is 0 Å². The van der Waals surface area contributed by atoms with Crippen molar-refractivity contribution in [1.29, 1.82) is 0 Å². The number of hydrogen-bond acceptors (Lipinski definition) is 2. The summed E-state index contributed by atoms with van der Waals surface area (Å²) in [5, 5.41) is 0.538. The summed E-state index contributed by atoms with van der Waals surface area (Å²) in [4.78, 5) is 11.4. The monoisotopic (exact) mass is 280 g/mol. The minimum Gasteiger partial charge on any atom is -0.407 e. The first-order chi connectivity index (χ1) is 6.12. The maximum Gasteiger partial charge on any atom is 0.193 e. The molecule has 0 spiro atoms. The molecule has 0 aromatic heterocycles. The molecule has 0 N–H and O–H groups in total. The summed E-state index contributed by atoms with van der Waals surface area (Å²) < 4.78 is 5.91. The molecule has 0 fully saturated rings. The molecule has 0 aromatic rings. The van der Waals surface area contributed by atoms with Gasteiger partial charge >= 0.3 is 0 Å². The van der Waals surface area contributed by atoms with E-state index in [0.29, 0.717) is 5.33 Å². The van der Waals surface area contributed by atoms with E-state index < -0.39 is 8.32 Å². The Morgan fingerprint density at radius 1 is 1.43 bits per heavy atom. The first-order valence-electron chi connectivity index (χ1n) is 4.88. The van der Waals surface area contributed by atoms with Crippen molar-refractivity contribution in [3.8, 4) is 0 Å². The Labute approximate surface area is 96.7 Å². The average molecular weight is 281 g/mol. The molecule has 0 aliphatic carbocycles. The van der Waals surface area contributed by atoms with Crippen molar-refractivity contribution in [3.63, 3.8) is 0 Å². The van der Waals surface area contributed by atoms with Gasteiger partial charge in [0.25, 0.3) is 0 Å². The molecule has 0 amide bonds. The van der Waals surface area contributed by atoms with Gasteiger partial charge in [-0.2, -0.15) is 0 Å². The first kappa shape index (κ1) is 14.3. The largest absolute Gasteiger partial charge is 0.407 e. The molecule has 0 aliphatic heterocycles. The van der Waals surface area contributed by atoms with Gasteiger partial charge in [0.05, 0.1) is 5.33 Å². The zero-order valence-electron chi connectivity index (χ0n) is 9.98. The van der Waals surface area contributed by atoms with Crippen LogP contribution in [0.3, 0.4) is 0 Å². The van der Waals surface area contributed by atoms with Crippen LogP contribution in [-0.4, -0.2) is 25.5 Å². The van der Waals surface area contributed by atoms with E-state index in [1.54, 1.807) is 0 Å². The van der Waals surface area contributed by atoms with Gasteiger partial charge in [-0.1, -0.05) is 36.7 Å². The molecule has 0 aromatic carbocycles. The highest BCUT2D eigenvalue weighted by atomic mass is 79.9. The molecule has 0 aliphatic rings. The normalized spacial score (nSPS) is 15.4. The minimum atomic E-state index is -1.79. The number of Topliss-reactive ketones (excluding diaryl/α,β-unsaturated/α-hetero) is 1. The molecular weight excluding hydrogens is 260 g/mol. The summed E-state index contributed by atoms with van der Waals surface area (Å²) in [5.41, 5.74) is 0. The van der Waals surface area contributed by atoms with Crippen LogP contribution < -0.4 is 0 Å². The Bertz CT molecular complexity index is 209. The summed E-state index contributed by atoms with van der Waals surface area (Å²) >= 11 is 3.16. The Morgan fingerprint density at radius 3 is 2.14 bits per heavy atom. The van der Waals surface area contributed by atoms with E-state index in [9.17, 15) is 4.79 Å². The SMILES string of the molecule is C[C@H](O[Si](C)(C)C(C)(C)C)C(=O)CBr. The summed E-state index contributed by atoms with van der Waals surface area (Å²) in [6, 6.07) is 0. The molecule has 0 rings (SSSR count). The van der Waals surface area contributed by atoms with Gasteiger partial charge in [0.2, 0.25) is 0 Å². The highest BCUT2D eigenvalue weighted by Gasteiger charge is 2.39. The molecule has 0 saturated heterocycles. The van der Waals surface area contributed by atoms with Crippen LogP contribution in [0.25, 0.3) is 0 Å². The molecule has 0 radical (unpaired) electrons. The average Bonchev–Trinajstić information content (AvgIpc) is 2.00. The third kappa shape index (κ3) is 3.83. The van der Waals surface area contributed by atoms with Crippen LogP contribution in [0.1, 0.15) is 27.7 Å². The molecule has 4 heteroatoms. The number of alkyl halides is 1. The molecule has 84 valence electrons. The zero-order chi connectivity index (χ0) is 11.6. The molecule has 0 heterocycles. The van der Waals surface area contributed by atoms with Gasteiger partial charge < -0.3 is 4.43 Å². The summed E-state index contributed by atoms with van der Waals surface area (Å²) in [6.45, 7) is 12.7. The van der Waals surface area contributed by atoms with Gasteiger partial charge in [0, 0.05) is 0 Å². The Kier molecular flexibility index (Phi) is 5.02. The molecule has 0 saturated carbocycles. The first-order valence-corrected chi connectivity index (χ1v) is 8.91. The lowest BCUT2D eigenvalue weighted by molar-refractivity contribution is -0.122. The lowest BCUT2D eigenvalue weighted by Crippen LogP contribution is -2.45. The van der Waals surface area contributed by atoms with Gasteiger partial charge in [-0.15, -0.1) is 0 Å². The zero-order valence-corrected chi connectivity index (χ0v) is 12.6. The van der Waals surface area contributed by atoms with Crippen molar-refractivity contribution in [2.24, 2.45) is 0 Å². The fourth-order valence-electron chi connectivity index (χ4n) is 0.793. The van der Waals surface area contributed by atoms with E-state index in [1.165, 1.54) is 0 Å². The van der Waals surface area contributed by atoms with Crippen LogP contribution >= 0.6 is 15.9 Å². The van der Waals surface area contributed by atoms with Crippen molar-refractivity contribution < 1.29 is 9.22 Å². The van der Waals surface area contributed by atoms with Crippen LogP contribution in [0.4, 0.5) is 0 Å². The maximum atomic E-state index is 11.4. The van der Waals surface area contributed by atoms with Gasteiger partial charge in [0.1, 0.15) is 6.10 Å². The second kappa shape index (κ2) is 4.90. The third-order valence-electron chi connectivity index (χ3n) is 2.86. The molecule has 14 heavy (non-hydrogen) atoms. The Balaban J connectivity index is 4.44. The van der Waals surface area contributed by atoms with E-state index in [-0.39, 0.29) is 16.9 Å². The van der Waals surface area contributed by atoms with Crippen molar-refractivity contribution in [2.75, 3.05) is 5.33 Å². The predicted molar refractivity (Wildman–Crippen MR) is 66.5 cm³/mol. The van der Waals surface area contributed by atoms with E-state index in [4.69, 9.17) is 4.43 Å². The van der Waals surface area contributed by atoms with Gasteiger partial charge in [0.15, 0.2) is 14.1 Å². The van der Waals surface area contributed by atoms with Crippen molar-refractivity contribution in [3.05, 3.63) is 0 Å². The standard InChI is InChI=1S/C10H21BrO2Si/c1-8(9(12)7-11)13-14(5,6)10(2,3)4/h8H,7H2,1-6H3/t8-/m0/s1. The fourth-order valence-corrected chi connectivity index (χ4v) is 2.62. The van der Waals surface area contributed by atoms with E-state index in [1.807, 2.05) is 6.92 Å². The van der Waals surface area contributed by atoms with Crippen molar-refractivity contribution >= 4 is 30.0 Å². The molecule has 1 atom stereocenters. The van der Waals surface area contributed by atoms with E-state index in [0.717, 1.165) is 0 Å². The Morgan fingerprint density at radius 2 is 1.86 bits per heavy atom. The number of halogens is 1. The molecule has 0 bridgehead atoms. The third-order valence-corrected chi connectivity index (χ3v) is 7.97. The number of carbonyl (C=O) groups is 1. The smallest absolute Gasteiger partial charge is 0.193 e. The summed E-state index contributed by atoms with van der Waals surface area (Å²) in [6.07, 6.45) is -0.282. The van der Waals surface area contributed by atoms with Crippen molar-refractivity contribution in [1.82, 2.24) is 0 Å². The van der Waals surface area contributed by atoms with Crippen LogP contribution in [0.5, 0.6) is 0 Å². The topological polar surface area (TPSA) is 26.3 Å². The summed E-state index contributed by atoms with van der Waals surface area (Å²) in [5.74, 6) is 0.120. The van der Waals surface area contributed by atoms with Crippen LogP contribution in [0.15, 0.2) is 0 Å². The van der Waals surface area contributed by atoms with Gasteiger partial charge in [-0.05, 0) is 25.1 Å². The number of rotatable bonds is 4. The lowest BCUT2D eigenvalue weighted by Gasteiger charge is -2.37. The van der Waals surface area contributed by atoms with E-state index >= 15 is 0 Å². The van der Waals surface area contributed by atoms with E-state index in [2.05, 4.69) is 49.8 Å². The second-order valence-electron chi connectivity index (χ2n) is 5.12. The van der Waals surface area contributed by atoms with Crippen LogP contribution in [0, 0.1) is 0 Å². The second-order valence-corrected chi connectivity index (χ2v) is 10.4. The molecule has 0 unspecified atom stereocenters.